The van der Waals surface area contributed by atoms with Crippen molar-refractivity contribution in [3.05, 3.63) is 29.3 Å². The zero-order valence-electron chi connectivity index (χ0n) is 12.7. The van der Waals surface area contributed by atoms with Crippen molar-refractivity contribution < 1.29 is 9.53 Å². The average Bonchev–Trinajstić information content (AvgIpc) is 2.45. The summed E-state index contributed by atoms with van der Waals surface area (Å²) >= 11 is 0. The summed E-state index contributed by atoms with van der Waals surface area (Å²) in [5.74, 6) is 0.800. The predicted molar refractivity (Wildman–Crippen MR) is 81.0 cm³/mol. The summed E-state index contributed by atoms with van der Waals surface area (Å²) in [7, 11) is 0. The van der Waals surface area contributed by atoms with E-state index in [9.17, 15) is 4.79 Å². The van der Waals surface area contributed by atoms with E-state index in [0.29, 0.717) is 6.04 Å². The van der Waals surface area contributed by atoms with Crippen molar-refractivity contribution in [2.24, 2.45) is 0 Å². The second-order valence-electron chi connectivity index (χ2n) is 5.80. The number of benzene rings is 1. The molecule has 1 atom stereocenters. The fraction of sp³-hybridized carbons (Fsp3) is 0.588. The molecule has 0 saturated heterocycles. The zero-order valence-corrected chi connectivity index (χ0v) is 12.7. The van der Waals surface area contributed by atoms with Crippen molar-refractivity contribution in [1.29, 1.82) is 0 Å². The SMILES string of the molecule is Cc1cccc(O[C@H](C)C(=O)NC2CCCCC2)c1C. The Morgan fingerprint density at radius 2 is 1.95 bits per heavy atom. The summed E-state index contributed by atoms with van der Waals surface area (Å²) in [6, 6.07) is 6.27. The van der Waals surface area contributed by atoms with Crippen molar-refractivity contribution in [3.63, 3.8) is 0 Å². The van der Waals surface area contributed by atoms with E-state index in [0.717, 1.165) is 24.2 Å². The molecule has 1 aliphatic carbocycles. The third kappa shape index (κ3) is 3.75. The van der Waals surface area contributed by atoms with E-state index in [4.69, 9.17) is 4.74 Å². The molecule has 1 saturated carbocycles. The Morgan fingerprint density at radius 3 is 2.65 bits per heavy atom. The minimum Gasteiger partial charge on any atom is -0.481 e. The molecular formula is C17H25NO2. The summed E-state index contributed by atoms with van der Waals surface area (Å²) < 4.78 is 5.82. The molecule has 0 bridgehead atoms. The Hall–Kier alpha value is -1.51. The summed E-state index contributed by atoms with van der Waals surface area (Å²) in [5, 5.41) is 3.11. The van der Waals surface area contributed by atoms with E-state index in [1.807, 2.05) is 26.0 Å². The number of hydrogen-bond donors (Lipinski definition) is 1. The Balaban J connectivity index is 1.91. The Morgan fingerprint density at radius 1 is 1.25 bits per heavy atom. The van der Waals surface area contributed by atoms with Crippen LogP contribution in [0, 0.1) is 13.8 Å². The quantitative estimate of drug-likeness (QED) is 0.913. The van der Waals surface area contributed by atoms with Gasteiger partial charge in [-0.15, -0.1) is 0 Å². The minimum absolute atomic E-state index is 0.00203. The second-order valence-corrected chi connectivity index (χ2v) is 5.80. The number of carbonyl (C=O) groups excluding carboxylic acids is 1. The molecular weight excluding hydrogens is 250 g/mol. The highest BCUT2D eigenvalue weighted by molar-refractivity contribution is 5.81. The van der Waals surface area contributed by atoms with Crippen LogP contribution < -0.4 is 10.1 Å². The van der Waals surface area contributed by atoms with Gasteiger partial charge in [0.1, 0.15) is 5.75 Å². The highest BCUT2D eigenvalue weighted by Gasteiger charge is 2.21. The van der Waals surface area contributed by atoms with E-state index in [1.165, 1.54) is 24.8 Å². The zero-order chi connectivity index (χ0) is 14.5. The van der Waals surface area contributed by atoms with Gasteiger partial charge in [-0.3, -0.25) is 4.79 Å². The van der Waals surface area contributed by atoms with E-state index in [1.54, 1.807) is 0 Å². The lowest BCUT2D eigenvalue weighted by atomic mass is 9.95. The number of ether oxygens (including phenoxy) is 1. The lowest BCUT2D eigenvalue weighted by Crippen LogP contribution is -2.43. The molecule has 0 spiro atoms. The molecule has 20 heavy (non-hydrogen) atoms. The highest BCUT2D eigenvalue weighted by Crippen LogP contribution is 2.22. The van der Waals surface area contributed by atoms with Crippen LogP contribution in [-0.4, -0.2) is 18.1 Å². The van der Waals surface area contributed by atoms with Gasteiger partial charge >= 0.3 is 0 Å². The lowest BCUT2D eigenvalue weighted by molar-refractivity contribution is -0.128. The van der Waals surface area contributed by atoms with Crippen LogP contribution in [0.5, 0.6) is 5.75 Å². The number of aryl methyl sites for hydroxylation is 1. The largest absolute Gasteiger partial charge is 0.481 e. The average molecular weight is 275 g/mol. The maximum Gasteiger partial charge on any atom is 0.260 e. The van der Waals surface area contributed by atoms with Gasteiger partial charge in [-0.25, -0.2) is 0 Å². The molecule has 1 aromatic rings. The molecule has 0 aromatic heterocycles. The van der Waals surface area contributed by atoms with Gasteiger partial charge in [-0.2, -0.15) is 0 Å². The first-order valence-corrected chi connectivity index (χ1v) is 7.61. The molecule has 1 aliphatic rings. The molecule has 1 aromatic carbocycles. The molecule has 3 heteroatoms. The van der Waals surface area contributed by atoms with Gasteiger partial charge in [0.2, 0.25) is 0 Å². The lowest BCUT2D eigenvalue weighted by Gasteiger charge is -2.25. The van der Waals surface area contributed by atoms with Crippen LogP contribution in [0.1, 0.15) is 50.2 Å². The first-order valence-electron chi connectivity index (χ1n) is 7.61. The van der Waals surface area contributed by atoms with Crippen LogP contribution in [0.4, 0.5) is 0 Å². The maximum absolute atomic E-state index is 12.2. The predicted octanol–water partition coefficient (Wildman–Crippen LogP) is 3.52. The van der Waals surface area contributed by atoms with Gasteiger partial charge in [0.05, 0.1) is 0 Å². The number of nitrogens with one attached hydrogen (secondary N) is 1. The van der Waals surface area contributed by atoms with Gasteiger partial charge in [-0.05, 0) is 50.8 Å². The fourth-order valence-electron chi connectivity index (χ4n) is 2.66. The van der Waals surface area contributed by atoms with E-state index in [2.05, 4.69) is 18.3 Å². The molecule has 3 nitrogen and oxygen atoms in total. The molecule has 0 aliphatic heterocycles. The van der Waals surface area contributed by atoms with Crippen molar-refractivity contribution in [3.8, 4) is 5.75 Å². The topological polar surface area (TPSA) is 38.3 Å². The van der Waals surface area contributed by atoms with Crippen LogP contribution in [0.15, 0.2) is 18.2 Å². The van der Waals surface area contributed by atoms with Crippen molar-refractivity contribution in [2.45, 2.75) is 65.0 Å². The van der Waals surface area contributed by atoms with Gasteiger partial charge in [0.25, 0.3) is 5.91 Å². The van der Waals surface area contributed by atoms with E-state index >= 15 is 0 Å². The molecule has 0 unspecified atom stereocenters. The Kier molecular flexibility index (Phi) is 5.05. The maximum atomic E-state index is 12.2. The van der Waals surface area contributed by atoms with Crippen molar-refractivity contribution in [2.75, 3.05) is 0 Å². The third-order valence-electron chi connectivity index (χ3n) is 4.18. The number of rotatable bonds is 4. The molecule has 2 rings (SSSR count). The number of hydrogen-bond acceptors (Lipinski definition) is 2. The fourth-order valence-corrected chi connectivity index (χ4v) is 2.66. The molecule has 1 amide bonds. The van der Waals surface area contributed by atoms with Gasteiger partial charge in [0.15, 0.2) is 6.10 Å². The minimum atomic E-state index is -0.447. The molecule has 0 radical (unpaired) electrons. The van der Waals surface area contributed by atoms with Crippen LogP contribution in [0.2, 0.25) is 0 Å². The summed E-state index contributed by atoms with van der Waals surface area (Å²) in [6.45, 7) is 5.89. The smallest absolute Gasteiger partial charge is 0.260 e. The first-order chi connectivity index (χ1) is 9.58. The highest BCUT2D eigenvalue weighted by atomic mass is 16.5. The monoisotopic (exact) mass is 275 g/mol. The standard InChI is InChI=1S/C17H25NO2/c1-12-8-7-11-16(13(12)2)20-14(3)17(19)18-15-9-5-4-6-10-15/h7-8,11,14-15H,4-6,9-10H2,1-3H3,(H,18,19)/t14-/m1/s1. The van der Waals surface area contributed by atoms with Gasteiger partial charge in [0, 0.05) is 6.04 Å². The normalized spacial score (nSPS) is 17.6. The molecule has 1 fully saturated rings. The van der Waals surface area contributed by atoms with Crippen molar-refractivity contribution in [1.82, 2.24) is 5.32 Å². The molecule has 0 heterocycles. The van der Waals surface area contributed by atoms with Crippen LogP contribution in [0.3, 0.4) is 0 Å². The number of carbonyl (C=O) groups is 1. The van der Waals surface area contributed by atoms with Crippen LogP contribution in [0.25, 0.3) is 0 Å². The molecule has 1 N–H and O–H groups in total. The second kappa shape index (κ2) is 6.78. The van der Waals surface area contributed by atoms with Gasteiger partial charge in [-0.1, -0.05) is 31.4 Å². The summed E-state index contributed by atoms with van der Waals surface area (Å²) in [4.78, 5) is 12.2. The van der Waals surface area contributed by atoms with E-state index < -0.39 is 6.10 Å². The summed E-state index contributed by atoms with van der Waals surface area (Å²) in [5.41, 5.74) is 2.28. The summed E-state index contributed by atoms with van der Waals surface area (Å²) in [6.07, 6.45) is 5.48. The Bertz CT molecular complexity index is 464. The molecule has 110 valence electrons. The van der Waals surface area contributed by atoms with Crippen molar-refractivity contribution >= 4 is 5.91 Å². The Labute approximate surface area is 121 Å². The number of amides is 1. The van der Waals surface area contributed by atoms with Gasteiger partial charge < -0.3 is 10.1 Å². The van der Waals surface area contributed by atoms with Crippen LogP contribution in [-0.2, 0) is 4.79 Å². The van der Waals surface area contributed by atoms with Crippen LogP contribution >= 0.6 is 0 Å². The van der Waals surface area contributed by atoms with E-state index in [-0.39, 0.29) is 5.91 Å². The first kappa shape index (κ1) is 14.9. The third-order valence-corrected chi connectivity index (χ3v) is 4.18.